The number of rotatable bonds is 8. The normalized spacial score (nSPS) is 10.8. The Hall–Kier alpha value is -3.53. The van der Waals surface area contributed by atoms with E-state index in [9.17, 15) is 0 Å². The highest BCUT2D eigenvalue weighted by Crippen LogP contribution is 2.33. The molecule has 0 aliphatic heterocycles. The fraction of sp³-hybridized carbons (Fsp3) is 0.200. The third kappa shape index (κ3) is 4.08. The van der Waals surface area contributed by atoms with Gasteiger partial charge in [-0.2, -0.15) is 4.98 Å². The minimum Gasteiger partial charge on any atom is -0.497 e. The third-order valence-electron chi connectivity index (χ3n) is 4.18. The summed E-state index contributed by atoms with van der Waals surface area (Å²) in [6, 6.07) is 12.8. The van der Waals surface area contributed by atoms with Crippen molar-refractivity contribution >= 4 is 11.8 Å². The van der Waals surface area contributed by atoms with Gasteiger partial charge in [0, 0.05) is 6.07 Å². The number of methoxy groups -OCH3 is 3. The van der Waals surface area contributed by atoms with E-state index in [2.05, 4.69) is 20.3 Å². The molecule has 4 rings (SSSR count). The average molecular weight is 426 g/mol. The van der Waals surface area contributed by atoms with Gasteiger partial charge in [-0.15, -0.1) is 10.2 Å². The topological polar surface area (TPSA) is 106 Å². The maximum absolute atomic E-state index is 5.72. The van der Waals surface area contributed by atoms with Crippen LogP contribution in [0, 0.1) is 0 Å². The Morgan fingerprint density at radius 3 is 2.53 bits per heavy atom. The number of nitrogens with zero attached hydrogens (tertiary/aromatic N) is 4. The van der Waals surface area contributed by atoms with Gasteiger partial charge in [0.1, 0.15) is 17.2 Å². The summed E-state index contributed by atoms with van der Waals surface area (Å²) in [5.74, 6) is 3.52. The van der Waals surface area contributed by atoms with Crippen LogP contribution in [0.25, 0.3) is 22.8 Å². The number of hydrogen-bond acceptors (Lipinski definition) is 10. The molecule has 0 aliphatic carbocycles. The van der Waals surface area contributed by atoms with E-state index >= 15 is 0 Å². The average Bonchev–Trinajstić information content (AvgIpc) is 3.47. The maximum atomic E-state index is 5.72. The Morgan fingerprint density at radius 2 is 1.73 bits per heavy atom. The summed E-state index contributed by atoms with van der Waals surface area (Å²) in [6.07, 6.45) is 0. The van der Waals surface area contributed by atoms with Gasteiger partial charge in [0.15, 0.2) is 0 Å². The van der Waals surface area contributed by atoms with Crippen molar-refractivity contribution < 1.29 is 23.2 Å². The lowest BCUT2D eigenvalue weighted by molar-refractivity contribution is 0.387. The van der Waals surface area contributed by atoms with E-state index in [1.54, 1.807) is 33.5 Å². The lowest BCUT2D eigenvalue weighted by Crippen LogP contribution is -1.91. The Morgan fingerprint density at radius 1 is 0.900 bits per heavy atom. The van der Waals surface area contributed by atoms with Gasteiger partial charge >= 0.3 is 0 Å². The molecule has 9 nitrogen and oxygen atoms in total. The number of ether oxygens (including phenoxy) is 3. The molecular formula is C20H18N4O5S. The van der Waals surface area contributed by atoms with Crippen LogP contribution >= 0.6 is 11.8 Å². The van der Waals surface area contributed by atoms with Crippen molar-refractivity contribution in [3.63, 3.8) is 0 Å². The monoisotopic (exact) mass is 426 g/mol. The molecule has 154 valence electrons. The predicted molar refractivity (Wildman–Crippen MR) is 109 cm³/mol. The summed E-state index contributed by atoms with van der Waals surface area (Å²) in [6.45, 7) is 0. The summed E-state index contributed by atoms with van der Waals surface area (Å²) >= 11 is 1.30. The summed E-state index contributed by atoms with van der Waals surface area (Å²) in [5.41, 5.74) is 1.43. The van der Waals surface area contributed by atoms with Crippen LogP contribution in [0.15, 0.2) is 56.6 Å². The molecule has 2 heterocycles. The molecule has 0 saturated carbocycles. The highest BCUT2D eigenvalue weighted by molar-refractivity contribution is 7.98. The number of thioether (sulfide) groups is 1. The molecule has 2 aromatic heterocycles. The second-order valence-corrected chi connectivity index (χ2v) is 6.87. The SMILES string of the molecule is COc1ccc(-c2noc(CSc3nnc(-c4ccccc4OC)o3)n2)c(OC)c1. The zero-order valence-electron chi connectivity index (χ0n) is 16.5. The van der Waals surface area contributed by atoms with Crippen LogP contribution in [0.2, 0.25) is 0 Å². The maximum Gasteiger partial charge on any atom is 0.277 e. The van der Waals surface area contributed by atoms with E-state index in [0.717, 1.165) is 5.56 Å². The van der Waals surface area contributed by atoms with Crippen molar-refractivity contribution in [1.29, 1.82) is 0 Å². The van der Waals surface area contributed by atoms with Crippen LogP contribution in [0.3, 0.4) is 0 Å². The molecular weight excluding hydrogens is 408 g/mol. The highest BCUT2D eigenvalue weighted by atomic mass is 32.2. The van der Waals surface area contributed by atoms with Crippen molar-refractivity contribution in [3.05, 3.63) is 48.4 Å². The summed E-state index contributed by atoms with van der Waals surface area (Å²) in [5, 5.41) is 12.6. The molecule has 0 spiro atoms. The van der Waals surface area contributed by atoms with Gasteiger partial charge in [0.25, 0.3) is 11.1 Å². The van der Waals surface area contributed by atoms with Crippen molar-refractivity contribution in [2.75, 3.05) is 21.3 Å². The summed E-state index contributed by atoms with van der Waals surface area (Å²) in [7, 11) is 4.76. The first-order valence-corrected chi connectivity index (χ1v) is 9.85. The minimum atomic E-state index is 0.374. The third-order valence-corrected chi connectivity index (χ3v) is 4.98. The van der Waals surface area contributed by atoms with E-state index in [1.807, 2.05) is 30.3 Å². The minimum absolute atomic E-state index is 0.374. The van der Waals surface area contributed by atoms with Gasteiger partial charge in [-0.3, -0.25) is 0 Å². The van der Waals surface area contributed by atoms with E-state index < -0.39 is 0 Å². The second-order valence-electron chi connectivity index (χ2n) is 5.94. The molecule has 0 radical (unpaired) electrons. The molecule has 0 fully saturated rings. The molecule has 0 bridgehead atoms. The summed E-state index contributed by atoms with van der Waals surface area (Å²) < 4.78 is 27.0. The number of aromatic nitrogens is 4. The second kappa shape index (κ2) is 8.87. The van der Waals surface area contributed by atoms with Crippen LogP contribution < -0.4 is 14.2 Å². The van der Waals surface area contributed by atoms with Gasteiger partial charge < -0.3 is 23.2 Å². The molecule has 2 aromatic carbocycles. The van der Waals surface area contributed by atoms with E-state index in [1.165, 1.54) is 11.8 Å². The van der Waals surface area contributed by atoms with E-state index in [4.69, 9.17) is 23.2 Å². The lowest BCUT2D eigenvalue weighted by atomic mass is 10.2. The van der Waals surface area contributed by atoms with Gasteiger partial charge in [0.05, 0.1) is 38.2 Å². The standard InChI is InChI=1S/C20H18N4O5S/c1-25-12-8-9-13(16(10-12)27-3)18-21-17(29-24-18)11-30-20-23-22-19(28-20)14-6-4-5-7-15(14)26-2/h4-10H,11H2,1-3H3. The zero-order chi connectivity index (χ0) is 20.9. The van der Waals surface area contributed by atoms with Crippen molar-refractivity contribution in [2.45, 2.75) is 11.0 Å². The lowest BCUT2D eigenvalue weighted by Gasteiger charge is -2.07. The molecule has 0 saturated heterocycles. The van der Waals surface area contributed by atoms with Gasteiger partial charge in [0.2, 0.25) is 11.7 Å². The van der Waals surface area contributed by atoms with E-state index in [0.29, 0.717) is 51.4 Å². The van der Waals surface area contributed by atoms with Gasteiger partial charge in [-0.1, -0.05) is 29.1 Å². The fourth-order valence-electron chi connectivity index (χ4n) is 2.73. The number of benzene rings is 2. The zero-order valence-corrected chi connectivity index (χ0v) is 17.3. The Balaban J connectivity index is 1.46. The molecule has 0 aliphatic rings. The fourth-order valence-corrected chi connectivity index (χ4v) is 3.33. The van der Waals surface area contributed by atoms with Crippen LogP contribution in [0.1, 0.15) is 5.89 Å². The molecule has 30 heavy (non-hydrogen) atoms. The molecule has 4 aromatic rings. The van der Waals surface area contributed by atoms with Crippen LogP contribution in [0.4, 0.5) is 0 Å². The van der Waals surface area contributed by atoms with E-state index in [-0.39, 0.29) is 0 Å². The van der Waals surface area contributed by atoms with Crippen LogP contribution in [-0.2, 0) is 5.75 Å². The number of para-hydroxylation sites is 1. The Kier molecular flexibility index (Phi) is 5.84. The first-order valence-electron chi connectivity index (χ1n) is 8.86. The predicted octanol–water partition coefficient (Wildman–Crippen LogP) is 4.10. The quantitative estimate of drug-likeness (QED) is 0.382. The molecule has 10 heteroatoms. The first-order chi connectivity index (χ1) is 14.7. The first kappa shape index (κ1) is 19.8. The van der Waals surface area contributed by atoms with Crippen LogP contribution in [0.5, 0.6) is 17.2 Å². The van der Waals surface area contributed by atoms with Crippen molar-refractivity contribution in [1.82, 2.24) is 20.3 Å². The Bertz CT molecular complexity index is 1140. The summed E-state index contributed by atoms with van der Waals surface area (Å²) in [4.78, 5) is 4.42. The molecule has 0 atom stereocenters. The van der Waals surface area contributed by atoms with Crippen molar-refractivity contribution in [2.24, 2.45) is 0 Å². The van der Waals surface area contributed by atoms with Crippen LogP contribution in [-0.4, -0.2) is 41.7 Å². The Labute approximate surface area is 176 Å². The molecule has 0 unspecified atom stereocenters. The highest BCUT2D eigenvalue weighted by Gasteiger charge is 2.17. The van der Waals surface area contributed by atoms with Gasteiger partial charge in [-0.05, 0) is 24.3 Å². The molecule has 0 amide bonds. The molecule has 0 N–H and O–H groups in total. The van der Waals surface area contributed by atoms with Crippen molar-refractivity contribution in [3.8, 4) is 40.1 Å². The largest absolute Gasteiger partial charge is 0.497 e. The number of hydrogen-bond donors (Lipinski definition) is 0. The van der Waals surface area contributed by atoms with Gasteiger partial charge in [-0.25, -0.2) is 0 Å². The smallest absolute Gasteiger partial charge is 0.277 e.